The number of carbonyl (C=O) groups excluding carboxylic acids is 1. The van der Waals surface area contributed by atoms with Crippen LogP contribution in [-0.2, 0) is 16.6 Å². The van der Waals surface area contributed by atoms with Gasteiger partial charge in [-0.05, 0) is 63.1 Å². The van der Waals surface area contributed by atoms with Crippen molar-refractivity contribution in [3.63, 3.8) is 0 Å². The number of aromatic nitrogens is 2. The minimum Gasteiger partial charge on any atom is -0.331 e. The van der Waals surface area contributed by atoms with Gasteiger partial charge >= 0.3 is 0 Å². The van der Waals surface area contributed by atoms with Gasteiger partial charge in [-0.25, -0.2) is 13.4 Å². The lowest BCUT2D eigenvalue weighted by Gasteiger charge is -2.32. The first-order valence-electron chi connectivity index (χ1n) is 11.2. The van der Waals surface area contributed by atoms with Crippen LogP contribution in [0, 0.1) is 0 Å². The van der Waals surface area contributed by atoms with Gasteiger partial charge in [0, 0.05) is 24.7 Å². The van der Waals surface area contributed by atoms with Crippen LogP contribution < -0.4 is 5.56 Å². The van der Waals surface area contributed by atoms with Crippen LogP contribution in [-0.4, -0.2) is 52.6 Å². The van der Waals surface area contributed by atoms with Gasteiger partial charge < -0.3 is 9.88 Å². The highest BCUT2D eigenvalue weighted by Gasteiger charge is 2.31. The third-order valence-electron chi connectivity index (χ3n) is 6.12. The molecule has 2 heterocycles. The number of hydrogen-bond acceptors (Lipinski definition) is 5. The molecule has 4 rings (SSSR count). The Morgan fingerprint density at radius 3 is 2.58 bits per heavy atom. The molecule has 3 aromatic rings. The first-order valence-corrected chi connectivity index (χ1v) is 12.6. The summed E-state index contributed by atoms with van der Waals surface area (Å²) in [7, 11) is -3.59. The number of H-pyrrole nitrogens is 1. The second kappa shape index (κ2) is 9.44. The number of rotatable bonds is 6. The third-order valence-corrected chi connectivity index (χ3v) is 8.15. The van der Waals surface area contributed by atoms with E-state index in [9.17, 15) is 18.0 Å². The van der Waals surface area contributed by atoms with Gasteiger partial charge in [-0.3, -0.25) is 9.59 Å². The van der Waals surface area contributed by atoms with Gasteiger partial charge in [-0.15, -0.1) is 0 Å². The number of nitrogens with zero attached hydrogens (tertiary/aromatic N) is 3. The minimum absolute atomic E-state index is 0.0303. The Balaban J connectivity index is 1.54. The Kier molecular flexibility index (Phi) is 6.62. The molecule has 1 saturated heterocycles. The van der Waals surface area contributed by atoms with Crippen molar-refractivity contribution in [2.75, 3.05) is 13.1 Å². The van der Waals surface area contributed by atoms with Crippen molar-refractivity contribution in [3.8, 4) is 0 Å². The SMILES string of the molecule is CCN(Cc1nc2ccccc2c(=O)[nH]1)C(=O)c1ccc(S(=O)(=O)N2CCCC[C@H]2C)cc1. The van der Waals surface area contributed by atoms with Crippen LogP contribution in [0.2, 0.25) is 0 Å². The molecular formula is C24H28N4O4S. The van der Waals surface area contributed by atoms with E-state index in [4.69, 9.17) is 0 Å². The van der Waals surface area contributed by atoms with Gasteiger partial charge in [0.15, 0.2) is 0 Å². The highest BCUT2D eigenvalue weighted by atomic mass is 32.2. The lowest BCUT2D eigenvalue weighted by molar-refractivity contribution is 0.0748. The van der Waals surface area contributed by atoms with Gasteiger partial charge in [-0.2, -0.15) is 4.31 Å². The summed E-state index contributed by atoms with van der Waals surface area (Å²) in [4.78, 5) is 34.4. The molecule has 0 unspecified atom stereocenters. The first kappa shape index (κ1) is 23.1. The van der Waals surface area contributed by atoms with E-state index in [0.29, 0.717) is 35.4 Å². The minimum atomic E-state index is -3.59. The number of para-hydroxylation sites is 1. The highest BCUT2D eigenvalue weighted by molar-refractivity contribution is 7.89. The van der Waals surface area contributed by atoms with E-state index in [0.717, 1.165) is 19.3 Å². The van der Waals surface area contributed by atoms with Crippen molar-refractivity contribution in [3.05, 3.63) is 70.3 Å². The quantitative estimate of drug-likeness (QED) is 0.599. The number of piperidine rings is 1. The average Bonchev–Trinajstić information content (AvgIpc) is 2.82. The third kappa shape index (κ3) is 4.69. The van der Waals surface area contributed by atoms with Crippen LogP contribution in [0.15, 0.2) is 58.2 Å². The Morgan fingerprint density at radius 1 is 1.15 bits per heavy atom. The zero-order valence-corrected chi connectivity index (χ0v) is 19.6. The van der Waals surface area contributed by atoms with E-state index >= 15 is 0 Å². The number of aromatic amines is 1. The van der Waals surface area contributed by atoms with Crippen molar-refractivity contribution >= 4 is 26.8 Å². The standard InChI is InChI=1S/C24H28N4O4S/c1-3-27(16-22-25-21-10-5-4-9-20(21)23(29)26-22)24(30)18-11-13-19(14-12-18)33(31,32)28-15-7-6-8-17(28)2/h4-5,9-14,17H,3,6-8,15-16H2,1-2H3,(H,25,26,29)/t17-/m1/s1. The summed E-state index contributed by atoms with van der Waals surface area (Å²) in [5.41, 5.74) is 0.701. The van der Waals surface area contributed by atoms with Crippen LogP contribution in [0.3, 0.4) is 0 Å². The van der Waals surface area contributed by atoms with Crippen molar-refractivity contribution < 1.29 is 13.2 Å². The molecule has 0 bridgehead atoms. The first-order chi connectivity index (χ1) is 15.8. The van der Waals surface area contributed by atoms with Gasteiger partial charge in [0.1, 0.15) is 5.82 Å². The Bertz CT molecular complexity index is 1320. The molecule has 1 fully saturated rings. The van der Waals surface area contributed by atoms with Crippen LogP contribution in [0.25, 0.3) is 10.9 Å². The average molecular weight is 469 g/mol. The van der Waals surface area contributed by atoms with Crippen molar-refractivity contribution in [2.24, 2.45) is 0 Å². The number of fused-ring (bicyclic) bond motifs is 1. The van der Waals surface area contributed by atoms with Gasteiger partial charge in [-0.1, -0.05) is 18.6 Å². The lowest BCUT2D eigenvalue weighted by atomic mass is 10.1. The monoisotopic (exact) mass is 468 g/mol. The smallest absolute Gasteiger partial charge is 0.258 e. The summed E-state index contributed by atoms with van der Waals surface area (Å²) >= 11 is 0. The normalized spacial score (nSPS) is 17.2. The van der Waals surface area contributed by atoms with E-state index in [1.807, 2.05) is 19.9 Å². The van der Waals surface area contributed by atoms with Crippen molar-refractivity contribution in [1.82, 2.24) is 19.2 Å². The molecule has 1 aliphatic rings. The van der Waals surface area contributed by atoms with E-state index in [2.05, 4.69) is 9.97 Å². The van der Waals surface area contributed by atoms with E-state index in [-0.39, 0.29) is 28.9 Å². The Hall–Kier alpha value is -3.04. The second-order valence-corrected chi connectivity index (χ2v) is 10.2. The molecule has 174 valence electrons. The topological polar surface area (TPSA) is 103 Å². The fourth-order valence-electron chi connectivity index (χ4n) is 4.23. The Morgan fingerprint density at radius 2 is 1.88 bits per heavy atom. The second-order valence-electron chi connectivity index (χ2n) is 8.33. The number of sulfonamides is 1. The molecule has 2 aromatic carbocycles. The summed E-state index contributed by atoms with van der Waals surface area (Å²) in [5, 5.41) is 0.496. The molecule has 1 aliphatic heterocycles. The molecule has 1 atom stereocenters. The lowest BCUT2D eigenvalue weighted by Crippen LogP contribution is -2.41. The summed E-state index contributed by atoms with van der Waals surface area (Å²) in [6, 6.07) is 13.1. The fourth-order valence-corrected chi connectivity index (χ4v) is 5.93. The molecule has 0 spiro atoms. The van der Waals surface area contributed by atoms with Gasteiger partial charge in [0.2, 0.25) is 10.0 Å². The van der Waals surface area contributed by atoms with E-state index in [1.165, 1.54) is 12.1 Å². The van der Waals surface area contributed by atoms with Crippen LogP contribution >= 0.6 is 0 Å². The number of carbonyl (C=O) groups is 1. The van der Waals surface area contributed by atoms with Crippen molar-refractivity contribution in [1.29, 1.82) is 0 Å². The molecule has 9 heteroatoms. The summed E-state index contributed by atoms with van der Waals surface area (Å²) < 4.78 is 27.6. The zero-order chi connectivity index (χ0) is 23.6. The van der Waals surface area contributed by atoms with Crippen LogP contribution in [0.4, 0.5) is 0 Å². The number of amides is 1. The molecule has 33 heavy (non-hydrogen) atoms. The molecule has 0 aliphatic carbocycles. The molecular weight excluding hydrogens is 440 g/mol. The molecule has 0 radical (unpaired) electrons. The summed E-state index contributed by atoms with van der Waals surface area (Å²) in [6.07, 6.45) is 2.74. The van der Waals surface area contributed by atoms with Crippen LogP contribution in [0.5, 0.6) is 0 Å². The molecule has 1 amide bonds. The van der Waals surface area contributed by atoms with Gasteiger partial charge in [0.05, 0.1) is 22.3 Å². The molecule has 0 saturated carbocycles. The maximum absolute atomic E-state index is 13.1. The molecule has 1 aromatic heterocycles. The predicted molar refractivity (Wildman–Crippen MR) is 126 cm³/mol. The van der Waals surface area contributed by atoms with E-state index in [1.54, 1.807) is 39.5 Å². The van der Waals surface area contributed by atoms with E-state index < -0.39 is 10.0 Å². The summed E-state index contributed by atoms with van der Waals surface area (Å²) in [5.74, 6) is 0.135. The fraction of sp³-hybridized carbons (Fsp3) is 0.375. The maximum Gasteiger partial charge on any atom is 0.258 e. The highest BCUT2D eigenvalue weighted by Crippen LogP contribution is 2.25. The number of benzene rings is 2. The molecule has 8 nitrogen and oxygen atoms in total. The number of nitrogens with one attached hydrogen (secondary N) is 1. The van der Waals surface area contributed by atoms with Crippen molar-refractivity contribution in [2.45, 2.75) is 50.6 Å². The van der Waals surface area contributed by atoms with Crippen LogP contribution in [0.1, 0.15) is 49.3 Å². The molecule has 1 N–H and O–H groups in total. The maximum atomic E-state index is 13.1. The largest absolute Gasteiger partial charge is 0.331 e. The Labute approximate surface area is 193 Å². The van der Waals surface area contributed by atoms with Gasteiger partial charge in [0.25, 0.3) is 11.5 Å². The predicted octanol–water partition coefficient (Wildman–Crippen LogP) is 3.15. The number of hydrogen-bond donors (Lipinski definition) is 1. The zero-order valence-electron chi connectivity index (χ0n) is 18.8. The summed E-state index contributed by atoms with van der Waals surface area (Å²) in [6.45, 7) is 4.83.